The van der Waals surface area contributed by atoms with E-state index < -0.39 is 8.56 Å². The monoisotopic (exact) mass is 350 g/mol. The predicted octanol–water partition coefficient (Wildman–Crippen LogP) is 5.94. The molecule has 0 bridgehead atoms. The van der Waals surface area contributed by atoms with E-state index in [1.807, 2.05) is 0 Å². The molecule has 0 radical (unpaired) electrons. The minimum atomic E-state index is -2.26. The van der Waals surface area contributed by atoms with Gasteiger partial charge < -0.3 is 8.85 Å². The lowest BCUT2D eigenvalue weighted by Crippen LogP contribution is -2.53. The van der Waals surface area contributed by atoms with Crippen molar-refractivity contribution in [2.75, 3.05) is 13.2 Å². The van der Waals surface area contributed by atoms with Gasteiger partial charge in [-0.3, -0.25) is 0 Å². The van der Waals surface area contributed by atoms with Gasteiger partial charge in [-0.25, -0.2) is 0 Å². The maximum absolute atomic E-state index is 6.24. The number of benzene rings is 1. The molecule has 1 rings (SSSR count). The Morgan fingerprint density at radius 1 is 0.667 bits per heavy atom. The molecular formula is C21H38O2Si. The highest BCUT2D eigenvalue weighted by atomic mass is 28.4. The Kier molecular flexibility index (Phi) is 12.1. The van der Waals surface area contributed by atoms with Crippen LogP contribution in [-0.4, -0.2) is 21.8 Å². The SMILES string of the molecule is CCCCCCCCCCC[Si](OCC)(OCC)c1ccccc1. The molecule has 24 heavy (non-hydrogen) atoms. The van der Waals surface area contributed by atoms with Gasteiger partial charge >= 0.3 is 8.56 Å². The van der Waals surface area contributed by atoms with Crippen LogP contribution in [-0.2, 0) is 8.85 Å². The molecule has 3 heteroatoms. The highest BCUT2D eigenvalue weighted by Gasteiger charge is 2.38. The van der Waals surface area contributed by atoms with Crippen molar-refractivity contribution in [2.24, 2.45) is 0 Å². The zero-order chi connectivity index (χ0) is 17.5. The molecule has 0 aromatic heterocycles. The zero-order valence-corrected chi connectivity index (χ0v) is 17.2. The van der Waals surface area contributed by atoms with Crippen molar-refractivity contribution in [3.63, 3.8) is 0 Å². The molecule has 0 heterocycles. The summed E-state index contributed by atoms with van der Waals surface area (Å²) in [6, 6.07) is 11.7. The first kappa shape index (κ1) is 21.4. The summed E-state index contributed by atoms with van der Waals surface area (Å²) in [6.07, 6.45) is 12.2. The van der Waals surface area contributed by atoms with Crippen molar-refractivity contribution in [3.8, 4) is 0 Å². The summed E-state index contributed by atoms with van der Waals surface area (Å²) in [4.78, 5) is 0. The Morgan fingerprint density at radius 2 is 1.17 bits per heavy atom. The van der Waals surface area contributed by atoms with Crippen LogP contribution in [0.15, 0.2) is 30.3 Å². The summed E-state index contributed by atoms with van der Waals surface area (Å²) in [5, 5.41) is 1.29. The van der Waals surface area contributed by atoms with E-state index in [2.05, 4.69) is 51.1 Å². The molecular weight excluding hydrogens is 312 g/mol. The summed E-state index contributed by atoms with van der Waals surface area (Å²) in [7, 11) is -2.26. The Balaban J connectivity index is 2.40. The van der Waals surface area contributed by atoms with E-state index in [4.69, 9.17) is 8.85 Å². The molecule has 0 unspecified atom stereocenters. The van der Waals surface area contributed by atoms with Crippen LogP contribution in [0.3, 0.4) is 0 Å². The van der Waals surface area contributed by atoms with Gasteiger partial charge in [0.25, 0.3) is 0 Å². The minimum Gasteiger partial charge on any atom is -0.391 e. The highest BCUT2D eigenvalue weighted by Crippen LogP contribution is 2.20. The maximum Gasteiger partial charge on any atom is 0.372 e. The zero-order valence-electron chi connectivity index (χ0n) is 16.2. The summed E-state index contributed by atoms with van der Waals surface area (Å²) < 4.78 is 12.5. The molecule has 0 aliphatic rings. The quantitative estimate of drug-likeness (QED) is 0.288. The smallest absolute Gasteiger partial charge is 0.372 e. The lowest BCUT2D eigenvalue weighted by molar-refractivity contribution is 0.194. The van der Waals surface area contributed by atoms with Gasteiger partial charge in [-0.05, 0) is 25.1 Å². The molecule has 2 nitrogen and oxygen atoms in total. The Bertz CT molecular complexity index is 388. The van der Waals surface area contributed by atoms with Crippen molar-refractivity contribution in [1.82, 2.24) is 0 Å². The van der Waals surface area contributed by atoms with Gasteiger partial charge in [0, 0.05) is 13.2 Å². The summed E-state index contributed by atoms with van der Waals surface area (Å²) in [5.74, 6) is 0. The highest BCUT2D eigenvalue weighted by molar-refractivity contribution is 6.81. The van der Waals surface area contributed by atoms with Gasteiger partial charge in [-0.2, -0.15) is 0 Å². The minimum absolute atomic E-state index is 0.735. The second kappa shape index (κ2) is 13.6. The van der Waals surface area contributed by atoms with Crippen LogP contribution in [0, 0.1) is 0 Å². The van der Waals surface area contributed by atoms with E-state index >= 15 is 0 Å². The molecule has 1 aromatic carbocycles. The van der Waals surface area contributed by atoms with Crippen molar-refractivity contribution in [2.45, 2.75) is 84.6 Å². The van der Waals surface area contributed by atoms with Crippen LogP contribution in [0.5, 0.6) is 0 Å². The van der Waals surface area contributed by atoms with Crippen LogP contribution >= 0.6 is 0 Å². The molecule has 0 N–H and O–H groups in total. The third kappa shape index (κ3) is 7.95. The van der Waals surface area contributed by atoms with Crippen molar-refractivity contribution in [3.05, 3.63) is 30.3 Å². The van der Waals surface area contributed by atoms with E-state index in [0.29, 0.717) is 0 Å². The second-order valence-electron chi connectivity index (χ2n) is 6.56. The van der Waals surface area contributed by atoms with Crippen molar-refractivity contribution < 1.29 is 8.85 Å². The predicted molar refractivity (Wildman–Crippen MR) is 107 cm³/mol. The maximum atomic E-state index is 6.24. The third-order valence-corrected chi connectivity index (χ3v) is 8.31. The van der Waals surface area contributed by atoms with E-state index in [1.54, 1.807) is 0 Å². The fraction of sp³-hybridized carbons (Fsp3) is 0.714. The van der Waals surface area contributed by atoms with Crippen LogP contribution < -0.4 is 5.19 Å². The molecule has 0 spiro atoms. The average molecular weight is 351 g/mol. The summed E-state index contributed by atoms with van der Waals surface area (Å²) in [6.45, 7) is 7.91. The molecule has 0 amide bonds. The van der Waals surface area contributed by atoms with Crippen LogP contribution in [0.1, 0.15) is 78.6 Å². The number of unbranched alkanes of at least 4 members (excludes halogenated alkanes) is 8. The van der Waals surface area contributed by atoms with Gasteiger partial charge in [0.15, 0.2) is 0 Å². The molecule has 0 saturated heterocycles. The Hall–Kier alpha value is -0.643. The van der Waals surface area contributed by atoms with Crippen molar-refractivity contribution in [1.29, 1.82) is 0 Å². The molecule has 1 aromatic rings. The van der Waals surface area contributed by atoms with E-state index in [0.717, 1.165) is 19.3 Å². The van der Waals surface area contributed by atoms with Gasteiger partial charge in [-0.15, -0.1) is 0 Å². The Labute approximate surface area is 151 Å². The largest absolute Gasteiger partial charge is 0.391 e. The van der Waals surface area contributed by atoms with Crippen LogP contribution in [0.4, 0.5) is 0 Å². The molecule has 0 aliphatic heterocycles. The molecule has 138 valence electrons. The lowest BCUT2D eigenvalue weighted by atomic mass is 10.1. The average Bonchev–Trinajstić information content (AvgIpc) is 2.61. The first-order valence-corrected chi connectivity index (χ1v) is 12.1. The van der Waals surface area contributed by atoms with Crippen LogP contribution in [0.25, 0.3) is 0 Å². The lowest BCUT2D eigenvalue weighted by Gasteiger charge is -2.30. The Morgan fingerprint density at radius 3 is 1.67 bits per heavy atom. The van der Waals surface area contributed by atoms with E-state index in [1.165, 1.54) is 63.0 Å². The first-order valence-electron chi connectivity index (χ1n) is 10.1. The number of hydrogen-bond acceptors (Lipinski definition) is 2. The van der Waals surface area contributed by atoms with Gasteiger partial charge in [0.1, 0.15) is 0 Å². The number of rotatable bonds is 15. The van der Waals surface area contributed by atoms with Crippen molar-refractivity contribution >= 4 is 13.7 Å². The fourth-order valence-electron chi connectivity index (χ4n) is 3.32. The topological polar surface area (TPSA) is 18.5 Å². The first-order chi connectivity index (χ1) is 11.8. The molecule has 0 aliphatic carbocycles. The normalized spacial score (nSPS) is 11.8. The van der Waals surface area contributed by atoms with Gasteiger partial charge in [0.2, 0.25) is 0 Å². The van der Waals surface area contributed by atoms with E-state index in [9.17, 15) is 0 Å². The molecule has 0 atom stereocenters. The fourth-order valence-corrected chi connectivity index (χ4v) is 6.67. The third-order valence-electron chi connectivity index (χ3n) is 4.58. The molecule has 0 fully saturated rings. The van der Waals surface area contributed by atoms with E-state index in [-0.39, 0.29) is 0 Å². The molecule has 0 saturated carbocycles. The van der Waals surface area contributed by atoms with Gasteiger partial charge in [-0.1, -0.05) is 95.0 Å². The summed E-state index contributed by atoms with van der Waals surface area (Å²) >= 11 is 0. The second-order valence-corrected chi connectivity index (χ2v) is 9.72. The summed E-state index contributed by atoms with van der Waals surface area (Å²) in [5.41, 5.74) is 0. The van der Waals surface area contributed by atoms with Crippen LogP contribution in [0.2, 0.25) is 6.04 Å². The standard InChI is InChI=1S/C21H38O2Si/c1-4-7-8-9-10-11-12-13-17-20-24(22-5-2,23-6-3)21-18-15-14-16-19-21/h14-16,18-19H,4-13,17,20H2,1-3H3. The van der Waals surface area contributed by atoms with Gasteiger partial charge in [0.05, 0.1) is 0 Å². The number of hydrogen-bond donors (Lipinski definition) is 0.